The van der Waals surface area contributed by atoms with Crippen LogP contribution < -0.4 is 20.7 Å². The summed E-state index contributed by atoms with van der Waals surface area (Å²) in [6.07, 6.45) is 10.9. The maximum atomic E-state index is 14.8. The van der Waals surface area contributed by atoms with Crippen molar-refractivity contribution in [2.24, 2.45) is 0 Å². The van der Waals surface area contributed by atoms with Gasteiger partial charge in [-0.15, -0.1) is 20.4 Å². The van der Waals surface area contributed by atoms with Crippen molar-refractivity contribution < 1.29 is 22.7 Å². The lowest BCUT2D eigenvalue weighted by Crippen LogP contribution is -2.07. The molecular formula is C34H23FN10O6. The highest BCUT2D eigenvalue weighted by molar-refractivity contribution is 5.81. The maximum Gasteiger partial charge on any atom is 0.347 e. The first-order valence-electron chi connectivity index (χ1n) is 15.5. The summed E-state index contributed by atoms with van der Waals surface area (Å²) < 4.78 is 40.4. The standard InChI is InChI=1S/C34H23FN10O6/c35-23-16-22-27(39-32(51-34(22)47)25-6-8-30(43-41-25)45-12-10-37-19-45)17-28(23)49-14-2-1-13-48-20-3-4-21-26(15-20)38-31(50-33(21)46)24-5-7-29(42-40-24)44-11-9-36-18-44/h3-12,15-19H,1-2,13-14H2. The molecule has 0 unspecified atom stereocenters. The van der Waals surface area contributed by atoms with Crippen molar-refractivity contribution in [2.75, 3.05) is 13.2 Å². The van der Waals surface area contributed by atoms with Gasteiger partial charge in [0.1, 0.15) is 29.8 Å². The Morgan fingerprint density at radius 1 is 0.647 bits per heavy atom. The lowest BCUT2D eigenvalue weighted by molar-refractivity contribution is 0.260. The second-order valence-electron chi connectivity index (χ2n) is 11.0. The summed E-state index contributed by atoms with van der Waals surface area (Å²) >= 11 is 0. The molecule has 8 rings (SSSR count). The highest BCUT2D eigenvalue weighted by atomic mass is 19.1. The molecule has 0 atom stereocenters. The van der Waals surface area contributed by atoms with Crippen LogP contribution >= 0.6 is 0 Å². The molecule has 0 radical (unpaired) electrons. The average molecular weight is 687 g/mol. The molecule has 2 aromatic carbocycles. The lowest BCUT2D eigenvalue weighted by Gasteiger charge is -2.10. The SMILES string of the molecule is O=c1oc(-c2ccc(-n3ccnc3)nn2)nc2cc(OCCCCOc3cc4nc(-c5ccc(-n6ccnc6)nn5)oc(=O)c4cc3F)ccc12. The van der Waals surface area contributed by atoms with E-state index < -0.39 is 17.1 Å². The van der Waals surface area contributed by atoms with E-state index in [0.717, 1.165) is 6.07 Å². The number of hydrogen-bond donors (Lipinski definition) is 0. The number of nitrogens with zero attached hydrogens (tertiary/aromatic N) is 10. The van der Waals surface area contributed by atoms with Crippen LogP contribution in [-0.4, -0.2) is 62.7 Å². The summed E-state index contributed by atoms with van der Waals surface area (Å²) in [5.74, 6) is 0.721. The van der Waals surface area contributed by atoms with Crippen molar-refractivity contribution in [1.29, 1.82) is 0 Å². The zero-order chi connectivity index (χ0) is 34.7. The number of ether oxygens (including phenoxy) is 2. The summed E-state index contributed by atoms with van der Waals surface area (Å²) in [5.41, 5.74) is -0.269. The van der Waals surface area contributed by atoms with E-state index in [1.165, 1.54) is 6.07 Å². The number of hydrogen-bond acceptors (Lipinski definition) is 14. The van der Waals surface area contributed by atoms with Crippen molar-refractivity contribution in [3.05, 3.63) is 119 Å². The van der Waals surface area contributed by atoms with Crippen LogP contribution in [0.4, 0.5) is 4.39 Å². The number of fused-ring (bicyclic) bond motifs is 2. The third-order valence-corrected chi connectivity index (χ3v) is 7.62. The van der Waals surface area contributed by atoms with E-state index in [0.29, 0.717) is 42.4 Å². The predicted molar refractivity (Wildman–Crippen MR) is 177 cm³/mol. The van der Waals surface area contributed by atoms with Crippen LogP contribution in [0.15, 0.2) is 110 Å². The molecule has 0 bridgehead atoms. The van der Waals surface area contributed by atoms with Crippen LogP contribution in [0.1, 0.15) is 12.8 Å². The Bertz CT molecular complexity index is 2590. The van der Waals surface area contributed by atoms with E-state index in [-0.39, 0.29) is 51.8 Å². The largest absolute Gasteiger partial charge is 0.494 e. The van der Waals surface area contributed by atoms with Gasteiger partial charge in [-0.1, -0.05) is 0 Å². The van der Waals surface area contributed by atoms with Gasteiger partial charge in [0.15, 0.2) is 23.2 Å². The fourth-order valence-electron chi connectivity index (χ4n) is 5.06. The number of halogens is 1. The highest BCUT2D eigenvalue weighted by Gasteiger charge is 2.16. The van der Waals surface area contributed by atoms with Gasteiger partial charge in [0, 0.05) is 36.9 Å². The van der Waals surface area contributed by atoms with Gasteiger partial charge in [0.25, 0.3) is 11.8 Å². The van der Waals surface area contributed by atoms with Crippen LogP contribution in [0.3, 0.4) is 0 Å². The van der Waals surface area contributed by atoms with E-state index in [9.17, 15) is 14.0 Å². The zero-order valence-electron chi connectivity index (χ0n) is 26.3. The van der Waals surface area contributed by atoms with Crippen LogP contribution in [0.5, 0.6) is 11.5 Å². The quantitative estimate of drug-likeness (QED) is 0.174. The summed E-state index contributed by atoms with van der Waals surface area (Å²) in [7, 11) is 0. The van der Waals surface area contributed by atoms with Crippen molar-refractivity contribution in [3.8, 4) is 46.3 Å². The Morgan fingerprint density at radius 3 is 1.80 bits per heavy atom. The molecule has 0 aliphatic carbocycles. The van der Waals surface area contributed by atoms with E-state index in [2.05, 4.69) is 40.3 Å². The van der Waals surface area contributed by atoms with Crippen LogP contribution in [0.2, 0.25) is 0 Å². The maximum absolute atomic E-state index is 14.8. The zero-order valence-corrected chi connectivity index (χ0v) is 26.3. The molecule has 8 aromatic rings. The van der Waals surface area contributed by atoms with Crippen LogP contribution in [-0.2, 0) is 0 Å². The van der Waals surface area contributed by atoms with Gasteiger partial charge >= 0.3 is 11.3 Å². The molecule has 51 heavy (non-hydrogen) atoms. The Hall–Kier alpha value is -7.17. The molecule has 0 aliphatic heterocycles. The van der Waals surface area contributed by atoms with Crippen molar-refractivity contribution in [3.63, 3.8) is 0 Å². The Balaban J connectivity index is 0.886. The predicted octanol–water partition coefficient (Wildman–Crippen LogP) is 4.35. The summed E-state index contributed by atoms with van der Waals surface area (Å²) in [5, 5.41) is 16.7. The molecule has 0 spiro atoms. The van der Waals surface area contributed by atoms with Gasteiger partial charge in [-0.3, -0.25) is 9.13 Å². The minimum absolute atomic E-state index is 0.0219. The number of aromatic nitrogens is 10. The van der Waals surface area contributed by atoms with Crippen molar-refractivity contribution in [2.45, 2.75) is 12.8 Å². The fourth-order valence-corrected chi connectivity index (χ4v) is 5.06. The molecule has 0 aliphatic rings. The fraction of sp³-hybridized carbons (Fsp3) is 0.118. The summed E-state index contributed by atoms with van der Waals surface area (Å²) in [6.45, 7) is 0.489. The van der Waals surface area contributed by atoms with Gasteiger partial charge in [0.05, 0.1) is 35.0 Å². The molecule has 0 amide bonds. The molecule has 6 aromatic heterocycles. The van der Waals surface area contributed by atoms with Gasteiger partial charge in [0.2, 0.25) is 0 Å². The Morgan fingerprint density at radius 2 is 1.24 bits per heavy atom. The first-order valence-corrected chi connectivity index (χ1v) is 15.5. The molecule has 0 saturated carbocycles. The van der Waals surface area contributed by atoms with Gasteiger partial charge in [-0.2, -0.15) is 0 Å². The molecule has 0 fully saturated rings. The lowest BCUT2D eigenvalue weighted by atomic mass is 10.2. The topological polar surface area (TPSA) is 192 Å². The molecular weight excluding hydrogens is 663 g/mol. The van der Waals surface area contributed by atoms with Gasteiger partial charge in [-0.25, -0.2) is 33.9 Å². The van der Waals surface area contributed by atoms with E-state index in [1.54, 1.807) is 89.0 Å². The second-order valence-corrected chi connectivity index (χ2v) is 11.0. The van der Waals surface area contributed by atoms with Crippen molar-refractivity contribution in [1.82, 2.24) is 49.5 Å². The minimum atomic E-state index is -0.770. The second kappa shape index (κ2) is 13.4. The molecule has 16 nitrogen and oxygen atoms in total. The third-order valence-electron chi connectivity index (χ3n) is 7.62. The first kappa shape index (κ1) is 31.1. The van der Waals surface area contributed by atoms with E-state index >= 15 is 0 Å². The van der Waals surface area contributed by atoms with E-state index in [4.69, 9.17) is 18.3 Å². The number of imidazole rings is 2. The third kappa shape index (κ3) is 6.50. The number of benzene rings is 2. The minimum Gasteiger partial charge on any atom is -0.494 e. The number of unbranched alkanes of at least 4 members (excludes halogenated alkanes) is 1. The van der Waals surface area contributed by atoms with Crippen molar-refractivity contribution >= 4 is 21.8 Å². The molecule has 252 valence electrons. The molecule has 0 N–H and O–H groups in total. The molecule has 6 heterocycles. The van der Waals surface area contributed by atoms with E-state index in [1.807, 2.05) is 0 Å². The van der Waals surface area contributed by atoms with Gasteiger partial charge in [-0.05, 0) is 55.3 Å². The first-order chi connectivity index (χ1) is 25.0. The summed E-state index contributed by atoms with van der Waals surface area (Å²) in [6, 6.07) is 13.9. The smallest absolute Gasteiger partial charge is 0.347 e. The Kier molecular flexibility index (Phi) is 8.17. The monoisotopic (exact) mass is 686 g/mol. The average Bonchev–Trinajstić information content (AvgIpc) is 3.90. The molecule has 0 saturated heterocycles. The number of rotatable bonds is 11. The van der Waals surface area contributed by atoms with Crippen LogP contribution in [0.25, 0.3) is 56.6 Å². The highest BCUT2D eigenvalue weighted by Crippen LogP contribution is 2.25. The normalized spacial score (nSPS) is 11.3. The molecule has 17 heteroatoms. The van der Waals surface area contributed by atoms with Crippen LogP contribution in [0, 0.1) is 5.82 Å². The Labute approximate surface area is 284 Å². The van der Waals surface area contributed by atoms with Gasteiger partial charge < -0.3 is 18.3 Å². The summed E-state index contributed by atoms with van der Waals surface area (Å²) in [4.78, 5) is 42.1.